The Morgan fingerprint density at radius 2 is 1.89 bits per heavy atom. The lowest BCUT2D eigenvalue weighted by Gasteiger charge is -2.25. The van der Waals surface area contributed by atoms with Crippen molar-refractivity contribution < 1.29 is 23.8 Å². The van der Waals surface area contributed by atoms with Crippen molar-refractivity contribution in [1.82, 2.24) is 4.57 Å². The smallest absolute Gasteiger partial charge is 0.338 e. The van der Waals surface area contributed by atoms with E-state index in [2.05, 4.69) is 20.9 Å². The third-order valence-corrected chi connectivity index (χ3v) is 7.19. The average Bonchev–Trinajstić information content (AvgIpc) is 3.14. The number of carbonyl (C=O) groups is 2. The average molecular weight is 600 g/mol. The summed E-state index contributed by atoms with van der Waals surface area (Å²) in [6.45, 7) is 8.90. The molecular weight excluding hydrogens is 572 g/mol. The van der Waals surface area contributed by atoms with Gasteiger partial charge in [0, 0.05) is 6.92 Å². The van der Waals surface area contributed by atoms with E-state index in [1.807, 2.05) is 38.1 Å². The molecule has 0 amide bonds. The molecule has 2 heterocycles. The number of fused-ring (bicyclic) bond motifs is 1. The molecule has 0 aliphatic carbocycles. The maximum Gasteiger partial charge on any atom is 0.338 e. The van der Waals surface area contributed by atoms with Gasteiger partial charge in [-0.05, 0) is 85.1 Å². The van der Waals surface area contributed by atoms with E-state index in [4.69, 9.17) is 14.2 Å². The zero-order chi connectivity index (χ0) is 27.6. The minimum Gasteiger partial charge on any atom is -0.491 e. The first kappa shape index (κ1) is 27.5. The second-order valence-electron chi connectivity index (χ2n) is 8.82. The number of benzene rings is 2. The Kier molecular flexibility index (Phi) is 8.32. The van der Waals surface area contributed by atoms with Crippen LogP contribution >= 0.6 is 27.3 Å². The summed E-state index contributed by atoms with van der Waals surface area (Å²) < 4.78 is 18.8. The maximum atomic E-state index is 13.7. The van der Waals surface area contributed by atoms with Gasteiger partial charge >= 0.3 is 11.9 Å². The molecule has 0 saturated heterocycles. The van der Waals surface area contributed by atoms with Gasteiger partial charge in [0.25, 0.3) is 5.56 Å². The molecule has 8 nitrogen and oxygen atoms in total. The number of hydrogen-bond donors (Lipinski definition) is 0. The predicted octanol–water partition coefficient (Wildman–Crippen LogP) is 4.27. The molecule has 1 aliphatic heterocycles. The molecule has 2 aromatic carbocycles. The topological polar surface area (TPSA) is 96.2 Å². The van der Waals surface area contributed by atoms with Crippen molar-refractivity contribution in [3.63, 3.8) is 0 Å². The Morgan fingerprint density at radius 1 is 1.18 bits per heavy atom. The number of rotatable bonds is 7. The molecule has 0 saturated carbocycles. The SMILES string of the molecule is CCOC(=O)C1=C(C)N=c2s/c(=C\c3ccc(OC(C)=O)c(Br)c3)c(=O)n2[C@@H]1c1ccc(OC(C)C)cc1. The first-order chi connectivity index (χ1) is 18.1. The summed E-state index contributed by atoms with van der Waals surface area (Å²) >= 11 is 4.64. The summed E-state index contributed by atoms with van der Waals surface area (Å²) in [5.41, 5.74) is 2.00. The second kappa shape index (κ2) is 11.5. The molecule has 0 unspecified atom stereocenters. The van der Waals surface area contributed by atoms with Crippen molar-refractivity contribution in [2.75, 3.05) is 6.61 Å². The van der Waals surface area contributed by atoms with Gasteiger partial charge in [-0.25, -0.2) is 9.79 Å². The standard InChI is InChI=1S/C28H27BrN2O6S/c1-6-35-27(34)24-16(4)30-28-31(25(24)19-8-10-20(11-9-19)36-15(2)3)26(33)23(38-28)14-18-7-12-22(21(29)13-18)37-17(5)32/h7-15,25H,6H2,1-5H3/b23-14-/t25-/m1/s1. The quantitative estimate of drug-likeness (QED) is 0.297. The van der Waals surface area contributed by atoms with E-state index in [1.165, 1.54) is 22.8 Å². The number of esters is 2. The van der Waals surface area contributed by atoms with Crippen LogP contribution in [0, 0.1) is 0 Å². The Balaban J connectivity index is 1.85. The molecule has 3 aromatic rings. The first-order valence-corrected chi connectivity index (χ1v) is 13.6. The third-order valence-electron chi connectivity index (χ3n) is 5.59. The molecule has 4 rings (SSSR count). The van der Waals surface area contributed by atoms with E-state index in [0.29, 0.717) is 36.6 Å². The zero-order valence-corrected chi connectivity index (χ0v) is 24.0. The number of nitrogens with zero attached hydrogens (tertiary/aromatic N) is 2. The van der Waals surface area contributed by atoms with Crippen LogP contribution in [-0.4, -0.2) is 29.2 Å². The highest BCUT2D eigenvalue weighted by Crippen LogP contribution is 2.32. The van der Waals surface area contributed by atoms with E-state index in [1.54, 1.807) is 38.1 Å². The Hall–Kier alpha value is -3.50. The van der Waals surface area contributed by atoms with Gasteiger partial charge in [0.1, 0.15) is 11.5 Å². The molecule has 1 aliphatic rings. The van der Waals surface area contributed by atoms with Crippen molar-refractivity contribution in [3.05, 3.63) is 89.0 Å². The Bertz CT molecular complexity index is 1600. The van der Waals surface area contributed by atoms with Crippen molar-refractivity contribution >= 4 is 45.3 Å². The minimum absolute atomic E-state index is 0.0129. The van der Waals surface area contributed by atoms with Crippen LogP contribution in [0.5, 0.6) is 11.5 Å². The van der Waals surface area contributed by atoms with Crippen molar-refractivity contribution in [2.24, 2.45) is 4.99 Å². The summed E-state index contributed by atoms with van der Waals surface area (Å²) in [4.78, 5) is 43.2. The van der Waals surface area contributed by atoms with Crippen LogP contribution in [0.2, 0.25) is 0 Å². The lowest BCUT2D eigenvalue weighted by atomic mass is 9.96. The van der Waals surface area contributed by atoms with E-state index >= 15 is 0 Å². The summed E-state index contributed by atoms with van der Waals surface area (Å²) in [6, 6.07) is 11.8. The first-order valence-electron chi connectivity index (χ1n) is 12.0. The van der Waals surface area contributed by atoms with Gasteiger partial charge in [0.15, 0.2) is 4.80 Å². The molecule has 1 atom stereocenters. The number of ether oxygens (including phenoxy) is 3. The van der Waals surface area contributed by atoms with Crippen LogP contribution in [-0.2, 0) is 14.3 Å². The number of allylic oxidation sites excluding steroid dienone is 1. The molecule has 10 heteroatoms. The van der Waals surface area contributed by atoms with Crippen LogP contribution in [0.3, 0.4) is 0 Å². The van der Waals surface area contributed by atoms with Crippen LogP contribution in [0.15, 0.2) is 68.0 Å². The zero-order valence-electron chi connectivity index (χ0n) is 21.6. The van der Waals surface area contributed by atoms with Gasteiger partial charge in [0.2, 0.25) is 0 Å². The Labute approximate surface area is 232 Å². The fourth-order valence-corrected chi connectivity index (χ4v) is 5.63. The van der Waals surface area contributed by atoms with Crippen molar-refractivity contribution in [1.29, 1.82) is 0 Å². The molecule has 0 bridgehead atoms. The van der Waals surface area contributed by atoms with Crippen LogP contribution in [0.4, 0.5) is 0 Å². The van der Waals surface area contributed by atoms with Crippen LogP contribution in [0.1, 0.15) is 51.8 Å². The van der Waals surface area contributed by atoms with Crippen LogP contribution in [0.25, 0.3) is 6.08 Å². The Morgan fingerprint density at radius 3 is 2.50 bits per heavy atom. The molecule has 38 heavy (non-hydrogen) atoms. The number of thiazole rings is 1. The van der Waals surface area contributed by atoms with Gasteiger partial charge in [-0.1, -0.05) is 29.5 Å². The van der Waals surface area contributed by atoms with E-state index in [-0.39, 0.29) is 18.3 Å². The largest absolute Gasteiger partial charge is 0.491 e. The summed E-state index contributed by atoms with van der Waals surface area (Å²) in [5, 5.41) is 0. The third kappa shape index (κ3) is 5.81. The molecule has 0 radical (unpaired) electrons. The summed E-state index contributed by atoms with van der Waals surface area (Å²) in [6.07, 6.45) is 1.76. The van der Waals surface area contributed by atoms with Crippen molar-refractivity contribution in [3.8, 4) is 11.5 Å². The van der Waals surface area contributed by atoms with Crippen molar-refractivity contribution in [2.45, 2.75) is 46.8 Å². The summed E-state index contributed by atoms with van der Waals surface area (Å²) in [5.74, 6) is 0.136. The summed E-state index contributed by atoms with van der Waals surface area (Å²) in [7, 11) is 0. The van der Waals surface area contributed by atoms with Crippen LogP contribution < -0.4 is 24.4 Å². The fourth-order valence-electron chi connectivity index (χ4n) is 4.10. The predicted molar refractivity (Wildman–Crippen MR) is 148 cm³/mol. The molecule has 198 valence electrons. The number of carbonyl (C=O) groups excluding carboxylic acids is 2. The lowest BCUT2D eigenvalue weighted by Crippen LogP contribution is -2.39. The highest BCUT2D eigenvalue weighted by atomic mass is 79.9. The number of halogens is 1. The van der Waals surface area contributed by atoms with Gasteiger partial charge in [-0.3, -0.25) is 14.2 Å². The molecular formula is C28H27BrN2O6S. The minimum atomic E-state index is -0.710. The van der Waals surface area contributed by atoms with Gasteiger partial charge in [-0.15, -0.1) is 0 Å². The van der Waals surface area contributed by atoms with Gasteiger partial charge < -0.3 is 14.2 Å². The number of aromatic nitrogens is 1. The molecule has 0 N–H and O–H groups in total. The highest BCUT2D eigenvalue weighted by molar-refractivity contribution is 9.10. The lowest BCUT2D eigenvalue weighted by molar-refractivity contribution is -0.139. The van der Waals surface area contributed by atoms with Gasteiger partial charge in [0.05, 0.1) is 39.0 Å². The normalized spacial score (nSPS) is 15.2. The monoisotopic (exact) mass is 598 g/mol. The van der Waals surface area contributed by atoms with Gasteiger partial charge in [-0.2, -0.15) is 0 Å². The van der Waals surface area contributed by atoms with E-state index in [0.717, 1.165) is 11.1 Å². The number of hydrogen-bond acceptors (Lipinski definition) is 8. The highest BCUT2D eigenvalue weighted by Gasteiger charge is 2.33. The molecule has 1 aromatic heterocycles. The molecule has 0 fully saturated rings. The second-order valence-corrected chi connectivity index (χ2v) is 10.7. The fraction of sp³-hybridized carbons (Fsp3) is 0.286. The molecule has 0 spiro atoms. The maximum absolute atomic E-state index is 13.7. The van der Waals surface area contributed by atoms with E-state index in [9.17, 15) is 14.4 Å². The van der Waals surface area contributed by atoms with E-state index < -0.39 is 18.0 Å².